The third-order valence-electron chi connectivity index (χ3n) is 3.01. The van der Waals surface area contributed by atoms with E-state index in [-0.39, 0.29) is 5.84 Å². The number of nitrogens with two attached hydrogens (primary N) is 1. The van der Waals surface area contributed by atoms with Gasteiger partial charge in [0.15, 0.2) is 0 Å². The van der Waals surface area contributed by atoms with Crippen LogP contribution in [0, 0.1) is 5.41 Å². The molecule has 1 aromatic rings. The first-order chi connectivity index (χ1) is 8.93. The molecule has 0 amide bonds. The molecule has 19 heavy (non-hydrogen) atoms. The van der Waals surface area contributed by atoms with E-state index in [1.54, 1.807) is 7.11 Å². The van der Waals surface area contributed by atoms with Gasteiger partial charge in [-0.1, -0.05) is 11.6 Å². The van der Waals surface area contributed by atoms with Crippen LogP contribution >= 0.6 is 11.6 Å². The first kappa shape index (κ1) is 15.8. The Morgan fingerprint density at radius 3 is 2.68 bits per heavy atom. The van der Waals surface area contributed by atoms with Gasteiger partial charge in [-0.2, -0.15) is 0 Å². The maximum absolute atomic E-state index is 7.33. The Morgan fingerprint density at radius 1 is 1.47 bits per heavy atom. The molecule has 0 unspecified atom stereocenters. The maximum Gasteiger partial charge on any atom is 0.123 e. The van der Waals surface area contributed by atoms with E-state index in [0.717, 1.165) is 24.4 Å². The zero-order valence-corrected chi connectivity index (χ0v) is 12.5. The van der Waals surface area contributed by atoms with E-state index in [1.165, 1.54) is 0 Å². The molecule has 1 rings (SSSR count). The minimum atomic E-state index is 0.212. The minimum Gasteiger partial charge on any atom is -0.496 e. The van der Waals surface area contributed by atoms with Crippen molar-refractivity contribution in [2.45, 2.75) is 32.9 Å². The lowest BCUT2D eigenvalue weighted by molar-refractivity contribution is 0.216. The van der Waals surface area contributed by atoms with Crippen molar-refractivity contribution >= 4 is 17.4 Å². The predicted octanol–water partition coefficient (Wildman–Crippen LogP) is 2.89. The number of hydrogen-bond donors (Lipinski definition) is 2. The summed E-state index contributed by atoms with van der Waals surface area (Å²) in [6.07, 6.45) is 0.570. The second-order valence-electron chi connectivity index (χ2n) is 4.80. The molecule has 0 saturated carbocycles. The number of halogens is 1. The first-order valence-electron chi connectivity index (χ1n) is 6.33. The summed E-state index contributed by atoms with van der Waals surface area (Å²) in [5, 5.41) is 8.03. The van der Waals surface area contributed by atoms with E-state index in [1.807, 2.05) is 18.2 Å². The number of rotatable bonds is 7. The van der Waals surface area contributed by atoms with Gasteiger partial charge in [0.1, 0.15) is 5.75 Å². The van der Waals surface area contributed by atoms with E-state index in [0.29, 0.717) is 17.5 Å². The molecule has 0 aromatic heterocycles. The van der Waals surface area contributed by atoms with Crippen LogP contribution in [0.5, 0.6) is 5.75 Å². The Bertz CT molecular complexity index is 435. The molecule has 0 aliphatic heterocycles. The van der Waals surface area contributed by atoms with Crippen LogP contribution in [0.4, 0.5) is 0 Å². The standard InChI is InChI=1S/C14H22ClN3O/c1-10(2)18(7-6-14(16)17)9-11-8-12(15)4-5-13(11)19-3/h4-5,8,10H,6-7,9H2,1-3H3,(H3,16,17). The van der Waals surface area contributed by atoms with Crippen LogP contribution in [0.15, 0.2) is 18.2 Å². The smallest absolute Gasteiger partial charge is 0.123 e. The van der Waals surface area contributed by atoms with Gasteiger partial charge in [-0.3, -0.25) is 10.3 Å². The topological polar surface area (TPSA) is 62.3 Å². The molecule has 0 radical (unpaired) electrons. The monoisotopic (exact) mass is 283 g/mol. The van der Waals surface area contributed by atoms with E-state index in [9.17, 15) is 0 Å². The minimum absolute atomic E-state index is 0.212. The number of ether oxygens (including phenoxy) is 1. The Balaban J connectivity index is 2.83. The van der Waals surface area contributed by atoms with Crippen molar-refractivity contribution in [2.75, 3.05) is 13.7 Å². The highest BCUT2D eigenvalue weighted by molar-refractivity contribution is 6.30. The third kappa shape index (κ3) is 5.09. The zero-order chi connectivity index (χ0) is 14.4. The lowest BCUT2D eigenvalue weighted by Crippen LogP contribution is -2.33. The van der Waals surface area contributed by atoms with Crippen LogP contribution < -0.4 is 10.5 Å². The summed E-state index contributed by atoms with van der Waals surface area (Å²) in [7, 11) is 1.65. The summed E-state index contributed by atoms with van der Waals surface area (Å²) in [5.74, 6) is 1.04. The number of nitrogens with zero attached hydrogens (tertiary/aromatic N) is 1. The van der Waals surface area contributed by atoms with Crippen molar-refractivity contribution in [3.63, 3.8) is 0 Å². The highest BCUT2D eigenvalue weighted by Gasteiger charge is 2.13. The van der Waals surface area contributed by atoms with Gasteiger partial charge in [-0.25, -0.2) is 0 Å². The molecule has 4 nitrogen and oxygen atoms in total. The first-order valence-corrected chi connectivity index (χ1v) is 6.71. The van der Waals surface area contributed by atoms with Crippen LogP contribution in [-0.2, 0) is 6.54 Å². The lowest BCUT2D eigenvalue weighted by atomic mass is 10.1. The lowest BCUT2D eigenvalue weighted by Gasteiger charge is -2.27. The van der Waals surface area contributed by atoms with Crippen molar-refractivity contribution in [1.29, 1.82) is 5.41 Å². The van der Waals surface area contributed by atoms with Gasteiger partial charge < -0.3 is 10.5 Å². The average Bonchev–Trinajstić information content (AvgIpc) is 2.34. The van der Waals surface area contributed by atoms with Gasteiger partial charge in [0.05, 0.1) is 12.9 Å². The highest BCUT2D eigenvalue weighted by Crippen LogP contribution is 2.24. The average molecular weight is 284 g/mol. The Labute approximate surface area is 120 Å². The molecule has 106 valence electrons. The largest absolute Gasteiger partial charge is 0.496 e. The zero-order valence-electron chi connectivity index (χ0n) is 11.7. The molecule has 3 N–H and O–H groups in total. The van der Waals surface area contributed by atoms with Gasteiger partial charge >= 0.3 is 0 Å². The fraction of sp³-hybridized carbons (Fsp3) is 0.500. The van der Waals surface area contributed by atoms with Gasteiger partial charge in [-0.05, 0) is 32.0 Å². The van der Waals surface area contributed by atoms with Crippen molar-refractivity contribution in [3.05, 3.63) is 28.8 Å². The molecule has 0 saturated heterocycles. The summed E-state index contributed by atoms with van der Waals surface area (Å²) < 4.78 is 5.35. The van der Waals surface area contributed by atoms with Crippen LogP contribution in [-0.4, -0.2) is 30.4 Å². The van der Waals surface area contributed by atoms with Crippen LogP contribution in [0.1, 0.15) is 25.8 Å². The molecular formula is C14H22ClN3O. The SMILES string of the molecule is COc1ccc(Cl)cc1CN(CCC(=N)N)C(C)C. The van der Waals surface area contributed by atoms with Crippen molar-refractivity contribution < 1.29 is 4.74 Å². The summed E-state index contributed by atoms with van der Waals surface area (Å²) in [4.78, 5) is 2.25. The second-order valence-corrected chi connectivity index (χ2v) is 5.23. The van der Waals surface area contributed by atoms with Crippen LogP contribution in [0.3, 0.4) is 0 Å². The maximum atomic E-state index is 7.33. The van der Waals surface area contributed by atoms with Gasteiger partial charge in [-0.15, -0.1) is 0 Å². The molecule has 0 aliphatic carbocycles. The van der Waals surface area contributed by atoms with Crippen molar-refractivity contribution in [3.8, 4) is 5.75 Å². The van der Waals surface area contributed by atoms with Gasteiger partial charge in [0.25, 0.3) is 0 Å². The predicted molar refractivity (Wildman–Crippen MR) is 80.1 cm³/mol. The van der Waals surface area contributed by atoms with Crippen molar-refractivity contribution in [1.82, 2.24) is 4.90 Å². The van der Waals surface area contributed by atoms with Crippen molar-refractivity contribution in [2.24, 2.45) is 5.73 Å². The second kappa shape index (κ2) is 7.36. The van der Waals surface area contributed by atoms with Gasteiger partial charge in [0.2, 0.25) is 0 Å². The number of nitrogens with one attached hydrogen (secondary N) is 1. The van der Waals surface area contributed by atoms with Gasteiger partial charge in [0, 0.05) is 36.1 Å². The molecule has 0 spiro atoms. The highest BCUT2D eigenvalue weighted by atomic mass is 35.5. The fourth-order valence-electron chi connectivity index (χ4n) is 1.87. The molecule has 5 heteroatoms. The molecule has 0 heterocycles. The fourth-order valence-corrected chi connectivity index (χ4v) is 2.07. The summed E-state index contributed by atoms with van der Waals surface area (Å²) >= 11 is 6.04. The molecule has 0 atom stereocenters. The van der Waals surface area contributed by atoms with Crippen LogP contribution in [0.25, 0.3) is 0 Å². The molecule has 0 aliphatic rings. The Kier molecular flexibility index (Phi) is 6.12. The summed E-state index contributed by atoms with van der Waals surface area (Å²) in [6.45, 7) is 5.73. The normalized spacial score (nSPS) is 11.1. The molecule has 1 aromatic carbocycles. The Hall–Kier alpha value is -1.26. The summed E-state index contributed by atoms with van der Waals surface area (Å²) in [5.41, 5.74) is 6.47. The molecule has 0 fully saturated rings. The van der Waals surface area contributed by atoms with E-state index >= 15 is 0 Å². The molecular weight excluding hydrogens is 262 g/mol. The third-order valence-corrected chi connectivity index (χ3v) is 3.25. The molecule has 0 bridgehead atoms. The number of amidine groups is 1. The summed E-state index contributed by atoms with van der Waals surface area (Å²) in [6, 6.07) is 5.98. The quantitative estimate of drug-likeness (QED) is 0.597. The Morgan fingerprint density at radius 2 is 2.16 bits per heavy atom. The number of hydrogen-bond acceptors (Lipinski definition) is 3. The van der Waals surface area contributed by atoms with E-state index in [4.69, 9.17) is 27.5 Å². The number of methoxy groups -OCH3 is 1. The number of benzene rings is 1. The van der Waals surface area contributed by atoms with Crippen LogP contribution in [0.2, 0.25) is 5.02 Å². The van der Waals surface area contributed by atoms with E-state index in [2.05, 4.69) is 18.7 Å². The van der Waals surface area contributed by atoms with E-state index < -0.39 is 0 Å².